The summed E-state index contributed by atoms with van der Waals surface area (Å²) in [6.07, 6.45) is 6.21. The summed E-state index contributed by atoms with van der Waals surface area (Å²) in [4.78, 5) is 6.39. The van der Waals surface area contributed by atoms with Crippen LogP contribution < -0.4 is 10.6 Å². The number of hydrogen-bond donors (Lipinski definition) is 1. The quantitative estimate of drug-likeness (QED) is 0.779. The first kappa shape index (κ1) is 9.46. The van der Waals surface area contributed by atoms with Crippen LogP contribution in [0.25, 0.3) is 10.8 Å². The first-order valence-corrected chi connectivity index (χ1v) is 5.62. The van der Waals surface area contributed by atoms with Crippen molar-refractivity contribution in [3.63, 3.8) is 0 Å². The fourth-order valence-corrected chi connectivity index (χ4v) is 2.15. The number of aromatic nitrogens is 1. The minimum Gasteiger partial charge on any atom is -0.397 e. The molecule has 82 valence electrons. The first-order chi connectivity index (χ1) is 7.77. The maximum atomic E-state index is 6.22. The zero-order valence-corrected chi connectivity index (χ0v) is 9.35. The second kappa shape index (κ2) is 3.37. The van der Waals surface area contributed by atoms with Gasteiger partial charge in [0.05, 0.1) is 11.4 Å². The lowest BCUT2D eigenvalue weighted by Crippen LogP contribution is -2.20. The predicted molar refractivity (Wildman–Crippen MR) is 67.6 cm³/mol. The summed E-state index contributed by atoms with van der Waals surface area (Å²) in [6.45, 7) is 0. The van der Waals surface area contributed by atoms with E-state index in [1.807, 2.05) is 12.3 Å². The maximum absolute atomic E-state index is 6.22. The Kier molecular flexibility index (Phi) is 1.99. The molecule has 2 N–H and O–H groups in total. The lowest BCUT2D eigenvalue weighted by Gasteiger charge is -2.21. The molecule has 1 saturated carbocycles. The molecule has 1 aliphatic rings. The van der Waals surface area contributed by atoms with E-state index in [-0.39, 0.29) is 0 Å². The number of anilines is 2. The van der Waals surface area contributed by atoms with E-state index in [1.54, 1.807) is 6.20 Å². The van der Waals surface area contributed by atoms with Gasteiger partial charge in [-0.15, -0.1) is 0 Å². The third-order valence-corrected chi connectivity index (χ3v) is 3.31. The second-order valence-corrected chi connectivity index (χ2v) is 4.44. The van der Waals surface area contributed by atoms with Crippen LogP contribution in [0.3, 0.4) is 0 Å². The lowest BCUT2D eigenvalue weighted by atomic mass is 10.1. The predicted octanol–water partition coefficient (Wildman–Crippen LogP) is 2.42. The van der Waals surface area contributed by atoms with Crippen LogP contribution in [0.4, 0.5) is 11.4 Å². The Labute approximate surface area is 94.9 Å². The van der Waals surface area contributed by atoms with Crippen molar-refractivity contribution < 1.29 is 0 Å². The average Bonchev–Trinajstić information content (AvgIpc) is 3.13. The first-order valence-electron chi connectivity index (χ1n) is 5.62. The molecule has 2 aromatic rings. The summed E-state index contributed by atoms with van der Waals surface area (Å²) < 4.78 is 0. The molecule has 0 saturated heterocycles. The Morgan fingerprint density at radius 1 is 1.31 bits per heavy atom. The van der Waals surface area contributed by atoms with Gasteiger partial charge in [-0.1, -0.05) is 6.07 Å². The topological polar surface area (TPSA) is 42.2 Å². The van der Waals surface area contributed by atoms with E-state index < -0.39 is 0 Å². The Morgan fingerprint density at radius 3 is 2.88 bits per heavy atom. The van der Waals surface area contributed by atoms with Crippen LogP contribution in [0.15, 0.2) is 30.6 Å². The number of fused-ring (bicyclic) bond motifs is 1. The van der Waals surface area contributed by atoms with Crippen LogP contribution in [0.2, 0.25) is 0 Å². The molecule has 1 aromatic carbocycles. The Hall–Kier alpha value is -1.77. The summed E-state index contributed by atoms with van der Waals surface area (Å²) in [5, 5.41) is 2.20. The van der Waals surface area contributed by atoms with Crippen molar-refractivity contribution in [2.24, 2.45) is 0 Å². The number of benzene rings is 1. The van der Waals surface area contributed by atoms with Crippen molar-refractivity contribution in [3.05, 3.63) is 30.6 Å². The van der Waals surface area contributed by atoms with Crippen molar-refractivity contribution in [3.8, 4) is 0 Å². The van der Waals surface area contributed by atoms with Gasteiger partial charge in [0.2, 0.25) is 0 Å². The minimum atomic E-state index is 0.682. The van der Waals surface area contributed by atoms with E-state index >= 15 is 0 Å². The van der Waals surface area contributed by atoms with Gasteiger partial charge in [0, 0.05) is 36.3 Å². The highest BCUT2D eigenvalue weighted by atomic mass is 15.2. The molecule has 3 rings (SSSR count). The van der Waals surface area contributed by atoms with E-state index in [9.17, 15) is 0 Å². The van der Waals surface area contributed by atoms with Gasteiger partial charge in [0.1, 0.15) is 0 Å². The highest BCUT2D eigenvalue weighted by Crippen LogP contribution is 2.36. The van der Waals surface area contributed by atoms with Gasteiger partial charge in [0.25, 0.3) is 0 Å². The molecular formula is C13H15N3. The monoisotopic (exact) mass is 213 g/mol. The summed E-state index contributed by atoms with van der Waals surface area (Å²) >= 11 is 0. The van der Waals surface area contributed by atoms with Crippen molar-refractivity contribution in [1.82, 2.24) is 4.98 Å². The van der Waals surface area contributed by atoms with Gasteiger partial charge < -0.3 is 10.6 Å². The number of rotatable bonds is 2. The molecule has 0 radical (unpaired) electrons. The number of pyridine rings is 1. The summed E-state index contributed by atoms with van der Waals surface area (Å²) in [7, 11) is 2.12. The van der Waals surface area contributed by atoms with Gasteiger partial charge in [-0.2, -0.15) is 0 Å². The Morgan fingerprint density at radius 2 is 2.12 bits per heavy atom. The molecule has 0 atom stereocenters. The SMILES string of the molecule is CN(c1ccc2cnccc2c1N)C1CC1. The van der Waals surface area contributed by atoms with Gasteiger partial charge in [-0.3, -0.25) is 4.98 Å². The molecule has 0 aliphatic heterocycles. The van der Waals surface area contributed by atoms with Crippen LogP contribution in [0.1, 0.15) is 12.8 Å². The van der Waals surface area contributed by atoms with Crippen LogP contribution in [-0.2, 0) is 0 Å². The minimum absolute atomic E-state index is 0.682. The molecule has 1 fully saturated rings. The van der Waals surface area contributed by atoms with Gasteiger partial charge in [-0.05, 0) is 25.0 Å². The zero-order valence-electron chi connectivity index (χ0n) is 9.35. The van der Waals surface area contributed by atoms with E-state index in [1.165, 1.54) is 12.8 Å². The number of nitrogens with zero attached hydrogens (tertiary/aromatic N) is 2. The van der Waals surface area contributed by atoms with E-state index in [2.05, 4.69) is 29.1 Å². The Bertz CT molecular complexity index is 532. The third kappa shape index (κ3) is 1.40. The smallest absolute Gasteiger partial charge is 0.0632 e. The summed E-state index contributed by atoms with van der Waals surface area (Å²) in [5.41, 5.74) is 8.23. The van der Waals surface area contributed by atoms with Crippen LogP contribution in [0, 0.1) is 0 Å². The van der Waals surface area contributed by atoms with Crippen molar-refractivity contribution in [1.29, 1.82) is 0 Å². The van der Waals surface area contributed by atoms with Gasteiger partial charge in [0.15, 0.2) is 0 Å². The van der Waals surface area contributed by atoms with Crippen LogP contribution in [0.5, 0.6) is 0 Å². The molecule has 3 heteroatoms. The molecule has 0 bridgehead atoms. The highest BCUT2D eigenvalue weighted by Gasteiger charge is 2.27. The summed E-state index contributed by atoms with van der Waals surface area (Å²) in [5.74, 6) is 0. The maximum Gasteiger partial charge on any atom is 0.0632 e. The van der Waals surface area contributed by atoms with Crippen molar-refractivity contribution in [2.45, 2.75) is 18.9 Å². The zero-order chi connectivity index (χ0) is 11.1. The lowest BCUT2D eigenvalue weighted by molar-refractivity contribution is 0.920. The molecule has 1 aliphatic carbocycles. The molecule has 0 unspecified atom stereocenters. The highest BCUT2D eigenvalue weighted by molar-refractivity contribution is 5.98. The van der Waals surface area contributed by atoms with Gasteiger partial charge >= 0.3 is 0 Å². The number of hydrogen-bond acceptors (Lipinski definition) is 3. The van der Waals surface area contributed by atoms with Crippen LogP contribution in [-0.4, -0.2) is 18.1 Å². The number of nitrogen functional groups attached to an aromatic ring is 1. The van der Waals surface area contributed by atoms with Crippen molar-refractivity contribution >= 4 is 22.1 Å². The summed E-state index contributed by atoms with van der Waals surface area (Å²) in [6, 6.07) is 6.85. The fraction of sp³-hybridized carbons (Fsp3) is 0.308. The largest absolute Gasteiger partial charge is 0.397 e. The Balaban J connectivity index is 2.15. The van der Waals surface area contributed by atoms with Crippen LogP contribution >= 0.6 is 0 Å². The molecule has 1 aromatic heterocycles. The fourth-order valence-electron chi connectivity index (χ4n) is 2.15. The molecule has 1 heterocycles. The van der Waals surface area contributed by atoms with E-state index in [0.717, 1.165) is 22.1 Å². The van der Waals surface area contributed by atoms with Crippen molar-refractivity contribution in [2.75, 3.05) is 17.7 Å². The standard InChI is InChI=1S/C13H15N3/c1-16(10-3-4-10)12-5-2-9-8-15-7-6-11(9)13(12)14/h2,5-8,10H,3-4,14H2,1H3. The third-order valence-electron chi connectivity index (χ3n) is 3.31. The van der Waals surface area contributed by atoms with E-state index in [4.69, 9.17) is 5.73 Å². The molecular weight excluding hydrogens is 198 g/mol. The van der Waals surface area contributed by atoms with Gasteiger partial charge in [-0.25, -0.2) is 0 Å². The molecule has 3 nitrogen and oxygen atoms in total. The second-order valence-electron chi connectivity index (χ2n) is 4.44. The average molecular weight is 213 g/mol. The molecule has 0 amide bonds. The van der Waals surface area contributed by atoms with E-state index in [0.29, 0.717) is 6.04 Å². The number of nitrogens with two attached hydrogens (primary N) is 1. The normalized spacial score (nSPS) is 15.3. The molecule has 0 spiro atoms. The molecule has 16 heavy (non-hydrogen) atoms.